The molecular weight excluding hydrogens is 274 g/mol. The van der Waals surface area contributed by atoms with Crippen LogP contribution >= 0.6 is 11.3 Å². The zero-order valence-corrected chi connectivity index (χ0v) is 12.6. The molecule has 1 aliphatic heterocycles. The predicted octanol–water partition coefficient (Wildman–Crippen LogP) is 1.88. The Morgan fingerprint density at radius 2 is 2.45 bits per heavy atom. The normalized spacial score (nSPS) is 15.2. The summed E-state index contributed by atoms with van der Waals surface area (Å²) in [5.74, 6) is 0.111. The lowest BCUT2D eigenvalue weighted by Crippen LogP contribution is -2.22. The summed E-state index contributed by atoms with van der Waals surface area (Å²) in [6.07, 6.45) is 1.25. The number of nitriles is 1. The number of anilines is 1. The second-order valence-corrected chi connectivity index (χ2v) is 6.16. The minimum absolute atomic E-state index is 0.0578. The number of thiophene rings is 1. The average molecular weight is 293 g/mol. The van der Waals surface area contributed by atoms with Gasteiger partial charge in [0.15, 0.2) is 0 Å². The Kier molecular flexibility index (Phi) is 5.12. The van der Waals surface area contributed by atoms with Crippen LogP contribution in [0.4, 0.5) is 5.00 Å². The monoisotopic (exact) mass is 293 g/mol. The van der Waals surface area contributed by atoms with Gasteiger partial charge in [0, 0.05) is 31.6 Å². The lowest BCUT2D eigenvalue weighted by molar-refractivity contribution is -0.117. The number of nitrogens with one attached hydrogen (secondary N) is 2. The quantitative estimate of drug-likeness (QED) is 0.869. The molecule has 1 amide bonds. The van der Waals surface area contributed by atoms with Crippen molar-refractivity contribution in [1.29, 1.82) is 5.26 Å². The van der Waals surface area contributed by atoms with E-state index in [4.69, 9.17) is 4.74 Å². The lowest BCUT2D eigenvalue weighted by Gasteiger charge is -2.11. The molecule has 1 atom stereocenters. The molecule has 0 saturated carbocycles. The maximum atomic E-state index is 12.0. The molecule has 0 spiro atoms. The van der Waals surface area contributed by atoms with E-state index in [2.05, 4.69) is 16.7 Å². The molecule has 108 valence electrons. The van der Waals surface area contributed by atoms with E-state index in [-0.39, 0.29) is 11.8 Å². The summed E-state index contributed by atoms with van der Waals surface area (Å²) in [6.45, 7) is 4.20. The Hall–Kier alpha value is -1.42. The number of rotatable bonds is 5. The van der Waals surface area contributed by atoms with Gasteiger partial charge < -0.3 is 15.4 Å². The fraction of sp³-hybridized carbons (Fsp3) is 0.571. The zero-order valence-electron chi connectivity index (χ0n) is 11.8. The Bertz CT molecular complexity index is 533. The zero-order chi connectivity index (χ0) is 14.5. The molecule has 5 nitrogen and oxygen atoms in total. The Balaban J connectivity index is 2.08. The van der Waals surface area contributed by atoms with Gasteiger partial charge in [-0.2, -0.15) is 5.26 Å². The standard InChI is InChI=1S/C14H19N3O2S/c1-9(8-19-2)5-13(18)17-14-11(6-15)10-3-4-16-7-12(10)20-14/h9,16H,3-5,7-8H2,1-2H3,(H,17,18). The van der Waals surface area contributed by atoms with Gasteiger partial charge in [-0.25, -0.2) is 0 Å². The molecule has 0 saturated heterocycles. The summed E-state index contributed by atoms with van der Waals surface area (Å²) >= 11 is 1.51. The van der Waals surface area contributed by atoms with Crippen molar-refractivity contribution in [3.05, 3.63) is 16.0 Å². The fourth-order valence-electron chi connectivity index (χ4n) is 2.38. The molecule has 1 aromatic rings. The average Bonchev–Trinajstić information content (AvgIpc) is 2.75. The first-order valence-electron chi connectivity index (χ1n) is 6.69. The molecule has 1 unspecified atom stereocenters. The van der Waals surface area contributed by atoms with E-state index < -0.39 is 0 Å². The summed E-state index contributed by atoms with van der Waals surface area (Å²) in [5.41, 5.74) is 1.73. The third-order valence-electron chi connectivity index (χ3n) is 3.28. The van der Waals surface area contributed by atoms with Crippen LogP contribution in [0.5, 0.6) is 0 Å². The molecule has 2 rings (SSSR count). The molecule has 2 heterocycles. The van der Waals surface area contributed by atoms with Crippen LogP contribution in [-0.4, -0.2) is 26.2 Å². The van der Waals surface area contributed by atoms with Gasteiger partial charge in [0.25, 0.3) is 0 Å². The smallest absolute Gasteiger partial charge is 0.225 e. The second kappa shape index (κ2) is 6.84. The number of amides is 1. The van der Waals surface area contributed by atoms with Gasteiger partial charge in [0.05, 0.1) is 5.56 Å². The van der Waals surface area contributed by atoms with Crippen LogP contribution in [0.3, 0.4) is 0 Å². The molecule has 1 aliphatic rings. The number of ether oxygens (including phenoxy) is 1. The molecule has 0 bridgehead atoms. The van der Waals surface area contributed by atoms with Gasteiger partial charge in [0.1, 0.15) is 11.1 Å². The van der Waals surface area contributed by atoms with E-state index >= 15 is 0 Å². The molecule has 2 N–H and O–H groups in total. The Labute approximate surface area is 122 Å². The number of fused-ring (bicyclic) bond motifs is 1. The highest BCUT2D eigenvalue weighted by atomic mass is 32.1. The third-order valence-corrected chi connectivity index (χ3v) is 4.43. The molecule has 1 aromatic heterocycles. The van der Waals surface area contributed by atoms with Gasteiger partial charge in [-0.1, -0.05) is 6.92 Å². The van der Waals surface area contributed by atoms with Crippen LogP contribution in [0.1, 0.15) is 29.3 Å². The first kappa shape index (κ1) is 15.0. The van der Waals surface area contributed by atoms with Crippen molar-refractivity contribution in [2.24, 2.45) is 5.92 Å². The van der Waals surface area contributed by atoms with Crippen molar-refractivity contribution in [3.63, 3.8) is 0 Å². The number of hydrogen-bond acceptors (Lipinski definition) is 5. The van der Waals surface area contributed by atoms with E-state index in [0.29, 0.717) is 23.6 Å². The number of carbonyl (C=O) groups is 1. The van der Waals surface area contributed by atoms with E-state index in [1.807, 2.05) is 6.92 Å². The van der Waals surface area contributed by atoms with Crippen molar-refractivity contribution < 1.29 is 9.53 Å². The van der Waals surface area contributed by atoms with E-state index in [1.54, 1.807) is 7.11 Å². The number of nitrogens with zero attached hydrogens (tertiary/aromatic N) is 1. The van der Waals surface area contributed by atoms with Crippen molar-refractivity contribution in [1.82, 2.24) is 5.32 Å². The molecule has 0 fully saturated rings. The first-order valence-corrected chi connectivity index (χ1v) is 7.51. The number of hydrogen-bond donors (Lipinski definition) is 2. The van der Waals surface area contributed by atoms with Gasteiger partial charge in [-0.3, -0.25) is 4.79 Å². The number of carbonyl (C=O) groups excluding carboxylic acids is 1. The van der Waals surface area contributed by atoms with Crippen molar-refractivity contribution in [2.75, 3.05) is 25.6 Å². The lowest BCUT2D eigenvalue weighted by atomic mass is 10.0. The van der Waals surface area contributed by atoms with Crippen LogP contribution in [0, 0.1) is 17.2 Å². The molecule has 20 heavy (non-hydrogen) atoms. The largest absolute Gasteiger partial charge is 0.384 e. The number of methoxy groups -OCH3 is 1. The van der Waals surface area contributed by atoms with E-state index in [0.717, 1.165) is 30.0 Å². The van der Waals surface area contributed by atoms with Gasteiger partial charge in [-0.05, 0) is 24.4 Å². The predicted molar refractivity (Wildman–Crippen MR) is 78.7 cm³/mol. The summed E-state index contributed by atoms with van der Waals surface area (Å²) in [6, 6.07) is 2.23. The minimum atomic E-state index is -0.0578. The van der Waals surface area contributed by atoms with Crippen LogP contribution in [-0.2, 0) is 22.5 Å². The molecule has 0 aliphatic carbocycles. The summed E-state index contributed by atoms with van der Waals surface area (Å²) in [7, 11) is 1.63. The summed E-state index contributed by atoms with van der Waals surface area (Å²) < 4.78 is 5.03. The van der Waals surface area contributed by atoms with Gasteiger partial charge >= 0.3 is 0 Å². The van der Waals surface area contributed by atoms with E-state index in [1.165, 1.54) is 11.3 Å². The topological polar surface area (TPSA) is 74.1 Å². The Morgan fingerprint density at radius 3 is 3.15 bits per heavy atom. The second-order valence-electron chi connectivity index (χ2n) is 5.06. The minimum Gasteiger partial charge on any atom is -0.384 e. The van der Waals surface area contributed by atoms with Gasteiger partial charge in [-0.15, -0.1) is 11.3 Å². The molecule has 6 heteroatoms. The van der Waals surface area contributed by atoms with Crippen molar-refractivity contribution in [3.8, 4) is 6.07 Å². The highest BCUT2D eigenvalue weighted by molar-refractivity contribution is 7.16. The van der Waals surface area contributed by atoms with Crippen molar-refractivity contribution in [2.45, 2.75) is 26.3 Å². The SMILES string of the molecule is COCC(C)CC(=O)Nc1sc2c(c1C#N)CCNC2. The Morgan fingerprint density at radius 1 is 1.65 bits per heavy atom. The molecule has 0 radical (unpaired) electrons. The van der Waals surface area contributed by atoms with Crippen LogP contribution < -0.4 is 10.6 Å². The highest BCUT2D eigenvalue weighted by Crippen LogP contribution is 2.34. The van der Waals surface area contributed by atoms with Crippen LogP contribution in [0.2, 0.25) is 0 Å². The highest BCUT2D eigenvalue weighted by Gasteiger charge is 2.21. The molecule has 0 aromatic carbocycles. The van der Waals surface area contributed by atoms with Gasteiger partial charge in [0.2, 0.25) is 5.91 Å². The first-order chi connectivity index (χ1) is 9.65. The maximum Gasteiger partial charge on any atom is 0.225 e. The maximum absolute atomic E-state index is 12.0. The fourth-order valence-corrected chi connectivity index (χ4v) is 3.56. The summed E-state index contributed by atoms with van der Waals surface area (Å²) in [4.78, 5) is 13.2. The van der Waals surface area contributed by atoms with E-state index in [9.17, 15) is 10.1 Å². The third kappa shape index (κ3) is 3.37. The summed E-state index contributed by atoms with van der Waals surface area (Å²) in [5, 5.41) is 16.2. The van der Waals surface area contributed by atoms with Crippen LogP contribution in [0.25, 0.3) is 0 Å². The molecular formula is C14H19N3O2S. The van der Waals surface area contributed by atoms with Crippen LogP contribution in [0.15, 0.2) is 0 Å². The van der Waals surface area contributed by atoms with Crippen molar-refractivity contribution >= 4 is 22.2 Å².